The first-order chi connectivity index (χ1) is 19.2. The standard InChI is InChI=1S/C31H32N2O6S/c1-5-37-27-17-23(9-13-26(27)39-19-29(34)32-25-12-8-21(3)16-22(25)4)18-28-30(35)33(31(36)40-28)14-15-38-24-10-6-20(2)7-11-24/h6-13,16-18H,5,14-15,19H2,1-4H3,(H,32,34)/b28-18-. The van der Waals surface area contributed by atoms with Crippen LogP contribution >= 0.6 is 11.8 Å². The van der Waals surface area contributed by atoms with E-state index in [-0.39, 0.29) is 36.8 Å². The van der Waals surface area contributed by atoms with Gasteiger partial charge >= 0.3 is 0 Å². The number of aryl methyl sites for hydroxylation is 3. The molecule has 3 amide bonds. The van der Waals surface area contributed by atoms with Crippen molar-refractivity contribution in [1.29, 1.82) is 0 Å². The highest BCUT2D eigenvalue weighted by atomic mass is 32.2. The van der Waals surface area contributed by atoms with E-state index in [0.717, 1.165) is 34.1 Å². The van der Waals surface area contributed by atoms with Gasteiger partial charge in [0.05, 0.1) is 18.1 Å². The van der Waals surface area contributed by atoms with Crippen LogP contribution in [0.4, 0.5) is 10.5 Å². The van der Waals surface area contributed by atoms with Crippen molar-refractivity contribution in [2.45, 2.75) is 27.7 Å². The predicted molar refractivity (Wildman–Crippen MR) is 157 cm³/mol. The smallest absolute Gasteiger partial charge is 0.293 e. The molecule has 1 aliphatic heterocycles. The van der Waals surface area contributed by atoms with Gasteiger partial charge in [0, 0.05) is 5.69 Å². The zero-order valence-electron chi connectivity index (χ0n) is 23.0. The van der Waals surface area contributed by atoms with E-state index in [1.165, 1.54) is 4.90 Å². The van der Waals surface area contributed by atoms with E-state index in [2.05, 4.69) is 5.32 Å². The molecule has 4 rings (SSSR count). The van der Waals surface area contributed by atoms with Gasteiger partial charge in [-0.2, -0.15) is 0 Å². The van der Waals surface area contributed by atoms with E-state index < -0.39 is 0 Å². The molecule has 3 aromatic rings. The summed E-state index contributed by atoms with van der Waals surface area (Å²) in [7, 11) is 0. The maximum Gasteiger partial charge on any atom is 0.293 e. The molecule has 0 saturated carbocycles. The first-order valence-corrected chi connectivity index (χ1v) is 13.8. The van der Waals surface area contributed by atoms with Crippen LogP contribution in [0.5, 0.6) is 17.2 Å². The lowest BCUT2D eigenvalue weighted by Gasteiger charge is -2.14. The summed E-state index contributed by atoms with van der Waals surface area (Å²) in [5.41, 5.74) is 4.60. The number of hydrogen-bond acceptors (Lipinski definition) is 7. The predicted octanol–water partition coefficient (Wildman–Crippen LogP) is 6.14. The summed E-state index contributed by atoms with van der Waals surface area (Å²) in [4.78, 5) is 39.4. The Morgan fingerprint density at radius 3 is 2.38 bits per heavy atom. The van der Waals surface area contributed by atoms with Crippen molar-refractivity contribution in [1.82, 2.24) is 4.90 Å². The Morgan fingerprint density at radius 1 is 0.900 bits per heavy atom. The highest BCUT2D eigenvalue weighted by Crippen LogP contribution is 2.34. The lowest BCUT2D eigenvalue weighted by Crippen LogP contribution is -2.32. The second-order valence-electron chi connectivity index (χ2n) is 9.29. The fraction of sp³-hybridized carbons (Fsp3) is 0.258. The monoisotopic (exact) mass is 560 g/mol. The minimum Gasteiger partial charge on any atom is -0.492 e. The second-order valence-corrected chi connectivity index (χ2v) is 10.3. The molecule has 0 atom stereocenters. The van der Waals surface area contributed by atoms with E-state index in [4.69, 9.17) is 14.2 Å². The molecule has 8 nitrogen and oxygen atoms in total. The fourth-order valence-electron chi connectivity index (χ4n) is 4.02. The number of ether oxygens (including phenoxy) is 3. The lowest BCUT2D eigenvalue weighted by atomic mass is 10.1. The molecule has 0 radical (unpaired) electrons. The summed E-state index contributed by atoms with van der Waals surface area (Å²) in [5.74, 6) is 0.849. The van der Waals surface area contributed by atoms with Gasteiger partial charge in [-0.25, -0.2) is 0 Å². The van der Waals surface area contributed by atoms with Gasteiger partial charge in [-0.05, 0) is 87.0 Å². The molecule has 3 aromatic carbocycles. The summed E-state index contributed by atoms with van der Waals surface area (Å²) in [6.07, 6.45) is 1.64. The van der Waals surface area contributed by atoms with E-state index in [1.54, 1.807) is 24.3 Å². The molecule has 0 aromatic heterocycles. The van der Waals surface area contributed by atoms with Gasteiger partial charge in [0.1, 0.15) is 12.4 Å². The molecule has 1 heterocycles. The number of carbonyl (C=O) groups excluding carboxylic acids is 3. The summed E-state index contributed by atoms with van der Waals surface area (Å²) in [5, 5.41) is 2.51. The normalized spacial score (nSPS) is 14.0. The Kier molecular flexibility index (Phi) is 9.50. The van der Waals surface area contributed by atoms with Crippen molar-refractivity contribution in [3.63, 3.8) is 0 Å². The number of imide groups is 1. The maximum atomic E-state index is 12.9. The Balaban J connectivity index is 1.37. The maximum absolute atomic E-state index is 12.9. The van der Waals surface area contributed by atoms with Crippen molar-refractivity contribution in [3.05, 3.63) is 87.8 Å². The van der Waals surface area contributed by atoms with Crippen LogP contribution in [0, 0.1) is 20.8 Å². The van der Waals surface area contributed by atoms with Crippen LogP contribution in [-0.2, 0) is 9.59 Å². The Bertz CT molecular complexity index is 1430. The number of hydrogen-bond donors (Lipinski definition) is 1. The second kappa shape index (κ2) is 13.2. The summed E-state index contributed by atoms with van der Waals surface area (Å²) < 4.78 is 17.2. The summed E-state index contributed by atoms with van der Waals surface area (Å²) >= 11 is 0.883. The van der Waals surface area contributed by atoms with Crippen LogP contribution in [0.2, 0.25) is 0 Å². The molecule has 0 unspecified atom stereocenters. The molecule has 0 bridgehead atoms. The van der Waals surface area contributed by atoms with Crippen LogP contribution in [0.25, 0.3) is 6.08 Å². The summed E-state index contributed by atoms with van der Waals surface area (Å²) in [6.45, 7) is 8.29. The molecule has 208 valence electrons. The molecule has 0 aliphatic carbocycles. The third-order valence-corrected chi connectivity index (χ3v) is 6.97. The van der Waals surface area contributed by atoms with Crippen LogP contribution in [0.3, 0.4) is 0 Å². The van der Waals surface area contributed by atoms with Gasteiger partial charge in [-0.1, -0.05) is 41.5 Å². The summed E-state index contributed by atoms with van der Waals surface area (Å²) in [6, 6.07) is 18.5. The number of amides is 3. The van der Waals surface area contributed by atoms with Gasteiger partial charge in [-0.3, -0.25) is 19.3 Å². The zero-order valence-corrected chi connectivity index (χ0v) is 23.8. The highest BCUT2D eigenvalue weighted by Gasteiger charge is 2.34. The fourth-order valence-corrected chi connectivity index (χ4v) is 4.88. The van der Waals surface area contributed by atoms with Crippen LogP contribution < -0.4 is 19.5 Å². The SMILES string of the molecule is CCOc1cc(/C=C2\SC(=O)N(CCOc3ccc(C)cc3)C2=O)ccc1OCC(=O)Nc1ccc(C)cc1C. The number of benzene rings is 3. The largest absolute Gasteiger partial charge is 0.492 e. The topological polar surface area (TPSA) is 94.2 Å². The minimum atomic E-state index is -0.371. The highest BCUT2D eigenvalue weighted by molar-refractivity contribution is 8.18. The number of nitrogens with zero attached hydrogens (tertiary/aromatic N) is 1. The van der Waals surface area contributed by atoms with Crippen molar-refractivity contribution < 1.29 is 28.6 Å². The van der Waals surface area contributed by atoms with Crippen molar-refractivity contribution in [2.75, 3.05) is 31.7 Å². The van der Waals surface area contributed by atoms with Crippen molar-refractivity contribution in [2.24, 2.45) is 0 Å². The Hall–Kier alpha value is -4.24. The molecule has 1 N–H and O–H groups in total. The molecular formula is C31H32N2O6S. The first kappa shape index (κ1) is 28.8. The van der Waals surface area contributed by atoms with Gasteiger partial charge < -0.3 is 19.5 Å². The van der Waals surface area contributed by atoms with E-state index in [1.807, 2.05) is 70.2 Å². The molecule has 1 saturated heterocycles. The quantitative estimate of drug-likeness (QED) is 0.281. The zero-order chi connectivity index (χ0) is 28.6. The third kappa shape index (κ3) is 7.45. The molecular weight excluding hydrogens is 528 g/mol. The number of thioether (sulfide) groups is 1. The third-order valence-electron chi connectivity index (χ3n) is 6.06. The van der Waals surface area contributed by atoms with Crippen molar-refractivity contribution in [3.8, 4) is 17.2 Å². The number of rotatable bonds is 11. The van der Waals surface area contributed by atoms with Gasteiger partial charge in [0.25, 0.3) is 17.1 Å². The average Bonchev–Trinajstić information content (AvgIpc) is 3.18. The van der Waals surface area contributed by atoms with Crippen molar-refractivity contribution >= 4 is 40.6 Å². The Labute approximate surface area is 238 Å². The van der Waals surface area contributed by atoms with Gasteiger partial charge in [0.2, 0.25) is 0 Å². The Morgan fingerprint density at radius 2 is 1.65 bits per heavy atom. The van der Waals surface area contributed by atoms with Crippen LogP contribution in [0.15, 0.2) is 65.6 Å². The van der Waals surface area contributed by atoms with Crippen LogP contribution in [-0.4, -0.2) is 48.3 Å². The van der Waals surface area contributed by atoms with E-state index in [0.29, 0.717) is 34.3 Å². The van der Waals surface area contributed by atoms with Gasteiger partial charge in [0.15, 0.2) is 18.1 Å². The minimum absolute atomic E-state index is 0.150. The van der Waals surface area contributed by atoms with E-state index in [9.17, 15) is 14.4 Å². The number of carbonyl (C=O) groups is 3. The first-order valence-electron chi connectivity index (χ1n) is 12.9. The molecule has 9 heteroatoms. The molecule has 1 aliphatic rings. The number of nitrogens with one attached hydrogen (secondary N) is 1. The molecule has 1 fully saturated rings. The molecule has 0 spiro atoms. The van der Waals surface area contributed by atoms with Gasteiger partial charge in [-0.15, -0.1) is 0 Å². The molecule has 40 heavy (non-hydrogen) atoms. The van der Waals surface area contributed by atoms with Crippen LogP contribution in [0.1, 0.15) is 29.2 Å². The lowest BCUT2D eigenvalue weighted by molar-refractivity contribution is -0.123. The number of anilines is 1. The average molecular weight is 561 g/mol. The van der Waals surface area contributed by atoms with E-state index >= 15 is 0 Å².